The summed E-state index contributed by atoms with van der Waals surface area (Å²) in [6.07, 6.45) is 41.7. The standard InChI is InChI=1S/C43H86NO3P/c1-6-8-10-12-14-16-18-20-22-24-26-28-30-32-34-36-38-40(45)43(47,42(48)44(3,4)5)41(46)39-37-35-33-31-29-27-25-23-21-19-17-15-13-11-9-7-2/h42,47-48H,6-39H2,1-5H3. The minimum absolute atomic E-state index is 0.278. The van der Waals surface area contributed by atoms with Gasteiger partial charge in [-0.05, 0) is 12.8 Å². The highest BCUT2D eigenvalue weighted by atomic mass is 31.0. The fourth-order valence-electron chi connectivity index (χ4n) is 7.07. The van der Waals surface area contributed by atoms with Crippen molar-refractivity contribution in [1.29, 1.82) is 0 Å². The van der Waals surface area contributed by atoms with Crippen LogP contribution in [0, 0.1) is 0 Å². The van der Waals surface area contributed by atoms with Crippen molar-refractivity contribution in [2.45, 2.75) is 244 Å². The molecule has 4 nitrogen and oxygen atoms in total. The van der Waals surface area contributed by atoms with Crippen LogP contribution in [-0.4, -0.2) is 53.7 Å². The zero-order chi connectivity index (χ0) is 35.8. The lowest BCUT2D eigenvalue weighted by Gasteiger charge is -2.46. The van der Waals surface area contributed by atoms with Gasteiger partial charge < -0.3 is 18.8 Å². The topological polar surface area (TPSA) is 54.4 Å². The molecule has 0 aliphatic heterocycles. The minimum Gasteiger partial charge on any atom is -0.488 e. The number of hydrogen-bond donors (Lipinski definition) is 1. The third-order valence-corrected chi connectivity index (χ3v) is 11.7. The van der Waals surface area contributed by atoms with Gasteiger partial charge in [-0.2, -0.15) is 0 Å². The van der Waals surface area contributed by atoms with Gasteiger partial charge in [0.1, 0.15) is 0 Å². The van der Waals surface area contributed by atoms with E-state index in [4.69, 9.17) is 0 Å². The molecule has 0 aliphatic rings. The van der Waals surface area contributed by atoms with Crippen molar-refractivity contribution in [2.24, 2.45) is 0 Å². The number of ketones is 2. The van der Waals surface area contributed by atoms with Crippen molar-refractivity contribution in [1.82, 2.24) is 0 Å². The molecule has 1 atom stereocenters. The van der Waals surface area contributed by atoms with Crippen LogP contribution >= 0.6 is 9.24 Å². The Balaban J connectivity index is 4.11. The molecule has 0 aliphatic carbocycles. The van der Waals surface area contributed by atoms with Gasteiger partial charge in [0.05, 0.1) is 21.1 Å². The quantitative estimate of drug-likeness (QED) is 0.0303. The largest absolute Gasteiger partial charge is 0.488 e. The Morgan fingerprint density at radius 3 is 0.812 bits per heavy atom. The Kier molecular flexibility index (Phi) is 32.4. The molecule has 0 radical (unpaired) electrons. The van der Waals surface area contributed by atoms with E-state index in [1.807, 2.05) is 21.1 Å². The van der Waals surface area contributed by atoms with E-state index in [1.165, 1.54) is 167 Å². The van der Waals surface area contributed by atoms with Crippen LogP contribution in [0.3, 0.4) is 0 Å². The van der Waals surface area contributed by atoms with Crippen molar-refractivity contribution < 1.29 is 19.2 Å². The highest BCUT2D eigenvalue weighted by Gasteiger charge is 2.48. The molecular weight excluding hydrogens is 609 g/mol. The Morgan fingerprint density at radius 1 is 0.438 bits per heavy atom. The molecule has 48 heavy (non-hydrogen) atoms. The fraction of sp³-hybridized carbons (Fsp3) is 0.953. The molecule has 0 heterocycles. The van der Waals surface area contributed by atoms with Crippen molar-refractivity contribution in [3.63, 3.8) is 0 Å². The number of quaternary nitrogens is 1. The van der Waals surface area contributed by atoms with Crippen molar-refractivity contribution in [2.75, 3.05) is 21.1 Å². The van der Waals surface area contributed by atoms with Gasteiger partial charge in [0, 0.05) is 18.6 Å². The Morgan fingerprint density at radius 2 is 0.625 bits per heavy atom. The van der Waals surface area contributed by atoms with Crippen LogP contribution in [0.5, 0.6) is 0 Å². The molecule has 5 heteroatoms. The monoisotopic (exact) mass is 696 g/mol. The molecule has 0 fully saturated rings. The molecule has 0 aromatic heterocycles. The zero-order valence-corrected chi connectivity index (χ0v) is 34.3. The molecule has 286 valence electrons. The Hall–Kier alpha value is -0.310. The van der Waals surface area contributed by atoms with Crippen LogP contribution in [0.15, 0.2) is 0 Å². The smallest absolute Gasteiger partial charge is 0.204 e. The molecule has 0 amide bonds. The van der Waals surface area contributed by atoms with Crippen LogP contribution in [0.25, 0.3) is 0 Å². The van der Waals surface area contributed by atoms with Gasteiger partial charge in [0.2, 0.25) is 5.60 Å². The van der Waals surface area contributed by atoms with E-state index in [2.05, 4.69) is 23.1 Å². The SMILES string of the molecule is CCCCCCCCCCCCCCCCCCC(=O)C(O)(C(=O)CCCCCCCCCCCCCCCCCC)C([PH-])[N+](C)(C)C. The Bertz CT molecular complexity index is 686. The maximum absolute atomic E-state index is 13.4. The van der Waals surface area contributed by atoms with E-state index in [9.17, 15) is 14.7 Å². The highest BCUT2D eigenvalue weighted by molar-refractivity contribution is 7.17. The Labute approximate surface area is 303 Å². The predicted molar refractivity (Wildman–Crippen MR) is 213 cm³/mol. The number of likely N-dealkylation sites (N-methyl/N-ethyl adjacent to an activating group) is 1. The summed E-state index contributed by atoms with van der Waals surface area (Å²) in [5.74, 6) is -1.26. The molecule has 0 aromatic rings. The number of aliphatic hydroxyl groups is 1. The summed E-state index contributed by atoms with van der Waals surface area (Å²) in [7, 11) is 9.42. The van der Waals surface area contributed by atoms with Gasteiger partial charge in [-0.25, -0.2) is 0 Å². The maximum Gasteiger partial charge on any atom is 0.204 e. The first-order valence-electron chi connectivity index (χ1n) is 21.4. The van der Waals surface area contributed by atoms with E-state index in [-0.39, 0.29) is 24.4 Å². The van der Waals surface area contributed by atoms with Gasteiger partial charge in [0.25, 0.3) is 0 Å². The molecule has 0 saturated heterocycles. The average molecular weight is 696 g/mol. The predicted octanol–water partition coefficient (Wildman–Crippen LogP) is 13.3. The molecule has 0 bridgehead atoms. The molecule has 1 N–H and O–H groups in total. The summed E-state index contributed by atoms with van der Waals surface area (Å²) in [4.78, 5) is 26.8. The van der Waals surface area contributed by atoms with E-state index in [0.29, 0.717) is 4.48 Å². The van der Waals surface area contributed by atoms with Gasteiger partial charge in [-0.15, -0.1) is 0 Å². The van der Waals surface area contributed by atoms with Crippen molar-refractivity contribution >= 4 is 20.8 Å². The number of unbranched alkanes of at least 4 members (excludes halogenated alkanes) is 30. The maximum atomic E-state index is 13.4. The van der Waals surface area contributed by atoms with Crippen LogP contribution in [-0.2, 0) is 9.59 Å². The van der Waals surface area contributed by atoms with Crippen LogP contribution in [0.4, 0.5) is 0 Å². The van der Waals surface area contributed by atoms with Crippen LogP contribution in [0.2, 0.25) is 0 Å². The second kappa shape index (κ2) is 32.6. The number of carbonyl (C=O) groups excluding carboxylic acids is 2. The van der Waals surface area contributed by atoms with Crippen LogP contribution in [0.1, 0.15) is 232 Å². The fourth-order valence-corrected chi connectivity index (χ4v) is 7.39. The van der Waals surface area contributed by atoms with Crippen LogP contribution < -0.4 is 0 Å². The third-order valence-electron chi connectivity index (χ3n) is 10.5. The summed E-state index contributed by atoms with van der Waals surface area (Å²) in [6, 6.07) is 0. The number of rotatable bonds is 38. The van der Waals surface area contributed by atoms with E-state index in [0.717, 1.165) is 38.5 Å². The molecular formula is C43H86NO3P. The molecule has 0 spiro atoms. The van der Waals surface area contributed by atoms with Gasteiger partial charge >= 0.3 is 0 Å². The van der Waals surface area contributed by atoms with Gasteiger partial charge in [0.15, 0.2) is 11.6 Å². The van der Waals surface area contributed by atoms with Gasteiger partial charge in [-0.3, -0.25) is 9.59 Å². The first kappa shape index (κ1) is 47.7. The summed E-state index contributed by atoms with van der Waals surface area (Å²) in [6.45, 7) is 4.56. The van der Waals surface area contributed by atoms with E-state index >= 15 is 0 Å². The summed E-state index contributed by atoms with van der Waals surface area (Å²) in [5.41, 5.74) is -1.96. The van der Waals surface area contributed by atoms with E-state index in [1.54, 1.807) is 0 Å². The summed E-state index contributed by atoms with van der Waals surface area (Å²) >= 11 is 0. The average Bonchev–Trinajstić information content (AvgIpc) is 3.06. The molecule has 1 unspecified atom stereocenters. The lowest BCUT2D eigenvalue weighted by molar-refractivity contribution is -0.885. The lowest BCUT2D eigenvalue weighted by Crippen LogP contribution is -2.63. The first-order valence-corrected chi connectivity index (χ1v) is 22.0. The second-order valence-electron chi connectivity index (χ2n) is 16.2. The normalized spacial score (nSPS) is 12.9. The third kappa shape index (κ3) is 25.6. The number of hydrogen-bond acceptors (Lipinski definition) is 3. The minimum atomic E-state index is -1.96. The summed E-state index contributed by atoms with van der Waals surface area (Å²) in [5, 5.41) is 11.6. The van der Waals surface area contributed by atoms with Gasteiger partial charge in [-0.1, -0.05) is 206 Å². The zero-order valence-electron chi connectivity index (χ0n) is 33.3. The number of Topliss-reactive ketones (excluding diaryl/α,β-unsaturated/α-hetero) is 2. The lowest BCUT2D eigenvalue weighted by atomic mass is 9.85. The highest BCUT2D eigenvalue weighted by Crippen LogP contribution is 2.31. The number of nitrogens with zero attached hydrogens (tertiary/aromatic N) is 1. The molecule has 0 rings (SSSR count). The summed E-state index contributed by atoms with van der Waals surface area (Å²) < 4.78 is 0.308. The van der Waals surface area contributed by atoms with E-state index < -0.39 is 11.4 Å². The number of carbonyl (C=O) groups is 2. The molecule has 0 saturated carbocycles. The first-order chi connectivity index (χ1) is 23.1. The molecule has 0 aromatic carbocycles. The van der Waals surface area contributed by atoms with Crippen molar-refractivity contribution in [3.05, 3.63) is 0 Å². The van der Waals surface area contributed by atoms with Crippen molar-refractivity contribution in [3.8, 4) is 0 Å². The second-order valence-corrected chi connectivity index (χ2v) is 16.8.